The molecule has 2 saturated carbocycles. The Morgan fingerprint density at radius 3 is 2.40 bits per heavy atom. The third kappa shape index (κ3) is 3.40. The minimum absolute atomic E-state index is 0.613. The predicted molar refractivity (Wildman–Crippen MR) is 93.9 cm³/mol. The number of nitrogens with zero attached hydrogens (tertiary/aromatic N) is 2. The first-order chi connectivity index (χ1) is 9.74. The molecule has 0 unspecified atom stereocenters. The van der Waals surface area contributed by atoms with Crippen LogP contribution in [0.5, 0.6) is 0 Å². The highest BCUT2D eigenvalue weighted by Gasteiger charge is 2.23. The molecule has 0 aromatic carbocycles. The van der Waals surface area contributed by atoms with Crippen LogP contribution in [0.25, 0.3) is 0 Å². The van der Waals surface area contributed by atoms with Crippen LogP contribution in [-0.4, -0.2) is 15.2 Å². The number of hydrogen-bond donors (Lipinski definition) is 1. The second-order valence-corrected chi connectivity index (χ2v) is 8.29. The standard InChI is InChI=1S/C15H22IN3S/c16-13-14(10-5-1-2-6-10)18-12(19-15(13)17)9-20-11-7-3-4-8-11/h10-11H,1-9H2,(H2,17,18,19). The van der Waals surface area contributed by atoms with Crippen molar-refractivity contribution in [3.8, 4) is 0 Å². The van der Waals surface area contributed by atoms with Crippen LogP contribution in [0.3, 0.4) is 0 Å². The number of aromatic nitrogens is 2. The van der Waals surface area contributed by atoms with Gasteiger partial charge in [0.2, 0.25) is 0 Å². The molecule has 3 nitrogen and oxygen atoms in total. The van der Waals surface area contributed by atoms with Gasteiger partial charge in [0.15, 0.2) is 0 Å². The molecule has 0 aliphatic heterocycles. The van der Waals surface area contributed by atoms with Crippen molar-refractivity contribution in [2.24, 2.45) is 0 Å². The van der Waals surface area contributed by atoms with E-state index in [2.05, 4.69) is 27.6 Å². The average Bonchev–Trinajstić information content (AvgIpc) is 3.12. The molecule has 0 bridgehead atoms. The second kappa shape index (κ2) is 6.81. The van der Waals surface area contributed by atoms with Gasteiger partial charge in [0.1, 0.15) is 11.6 Å². The third-order valence-electron chi connectivity index (χ3n) is 4.44. The van der Waals surface area contributed by atoms with Crippen LogP contribution in [0, 0.1) is 3.57 Å². The van der Waals surface area contributed by atoms with Gasteiger partial charge < -0.3 is 5.73 Å². The van der Waals surface area contributed by atoms with Crippen LogP contribution in [-0.2, 0) is 5.75 Å². The van der Waals surface area contributed by atoms with E-state index in [-0.39, 0.29) is 0 Å². The molecule has 1 heterocycles. The number of rotatable bonds is 4. The molecule has 2 fully saturated rings. The maximum Gasteiger partial charge on any atom is 0.140 e. The van der Waals surface area contributed by atoms with E-state index in [0.29, 0.717) is 11.7 Å². The SMILES string of the molecule is Nc1nc(CSC2CCCC2)nc(C2CCCC2)c1I. The van der Waals surface area contributed by atoms with Crippen molar-refractivity contribution in [2.45, 2.75) is 68.3 Å². The number of thioether (sulfide) groups is 1. The number of hydrogen-bond acceptors (Lipinski definition) is 4. The summed E-state index contributed by atoms with van der Waals surface area (Å²) in [6, 6.07) is 0. The van der Waals surface area contributed by atoms with E-state index < -0.39 is 0 Å². The third-order valence-corrected chi connectivity index (χ3v) is 6.91. The largest absolute Gasteiger partial charge is 0.383 e. The fraction of sp³-hybridized carbons (Fsp3) is 0.733. The fourth-order valence-electron chi connectivity index (χ4n) is 3.31. The molecular weight excluding hydrogens is 381 g/mol. The van der Waals surface area contributed by atoms with Gasteiger partial charge in [-0.2, -0.15) is 11.8 Å². The van der Waals surface area contributed by atoms with Crippen molar-refractivity contribution in [2.75, 3.05) is 5.73 Å². The van der Waals surface area contributed by atoms with E-state index in [4.69, 9.17) is 10.7 Å². The van der Waals surface area contributed by atoms with E-state index in [0.717, 1.165) is 20.4 Å². The maximum atomic E-state index is 6.10. The highest BCUT2D eigenvalue weighted by Crippen LogP contribution is 2.37. The highest BCUT2D eigenvalue weighted by molar-refractivity contribution is 14.1. The molecule has 20 heavy (non-hydrogen) atoms. The summed E-state index contributed by atoms with van der Waals surface area (Å²) in [7, 11) is 0. The van der Waals surface area contributed by atoms with Crippen molar-refractivity contribution >= 4 is 40.2 Å². The Kier molecular flexibility index (Phi) is 5.07. The first-order valence-electron chi connectivity index (χ1n) is 7.67. The predicted octanol–water partition coefficient (Wildman–Crippen LogP) is 4.50. The lowest BCUT2D eigenvalue weighted by Crippen LogP contribution is -2.10. The summed E-state index contributed by atoms with van der Waals surface area (Å²) in [6.07, 6.45) is 10.7. The summed E-state index contributed by atoms with van der Waals surface area (Å²) in [4.78, 5) is 9.36. The molecular formula is C15H22IN3S. The zero-order valence-electron chi connectivity index (χ0n) is 11.8. The van der Waals surface area contributed by atoms with Crippen LogP contribution < -0.4 is 5.73 Å². The van der Waals surface area contributed by atoms with E-state index in [1.54, 1.807) is 0 Å². The molecule has 3 rings (SSSR count). The smallest absolute Gasteiger partial charge is 0.140 e. The van der Waals surface area contributed by atoms with Crippen LogP contribution in [0.2, 0.25) is 0 Å². The Morgan fingerprint density at radius 1 is 1.05 bits per heavy atom. The lowest BCUT2D eigenvalue weighted by atomic mass is 10.0. The molecule has 2 aliphatic rings. The molecule has 0 radical (unpaired) electrons. The Bertz CT molecular complexity index is 468. The molecule has 0 spiro atoms. The molecule has 0 atom stereocenters. The van der Waals surface area contributed by atoms with E-state index in [1.807, 2.05) is 11.8 Å². The quantitative estimate of drug-likeness (QED) is 0.753. The van der Waals surface area contributed by atoms with Gasteiger partial charge in [-0.15, -0.1) is 0 Å². The minimum atomic E-state index is 0.613. The molecule has 2 aliphatic carbocycles. The van der Waals surface area contributed by atoms with Crippen LogP contribution >= 0.6 is 34.4 Å². The molecule has 1 aromatic heterocycles. The lowest BCUT2D eigenvalue weighted by Gasteiger charge is -2.14. The van der Waals surface area contributed by atoms with Gasteiger partial charge in [0, 0.05) is 11.2 Å². The summed E-state index contributed by atoms with van der Waals surface area (Å²) < 4.78 is 1.09. The lowest BCUT2D eigenvalue weighted by molar-refractivity contribution is 0.684. The number of halogens is 1. The first-order valence-corrected chi connectivity index (χ1v) is 9.80. The highest BCUT2D eigenvalue weighted by atomic mass is 127. The van der Waals surface area contributed by atoms with Crippen LogP contribution in [0.1, 0.15) is 68.8 Å². The van der Waals surface area contributed by atoms with Gasteiger partial charge in [0.05, 0.1) is 15.0 Å². The Morgan fingerprint density at radius 2 is 1.70 bits per heavy atom. The first kappa shape index (κ1) is 14.9. The fourth-order valence-corrected chi connectivity index (χ4v) is 5.18. The van der Waals surface area contributed by atoms with Crippen LogP contribution in [0.4, 0.5) is 5.82 Å². The molecule has 1 aromatic rings. The molecule has 0 saturated heterocycles. The monoisotopic (exact) mass is 403 g/mol. The van der Waals surface area contributed by atoms with E-state index >= 15 is 0 Å². The van der Waals surface area contributed by atoms with Crippen molar-refractivity contribution in [1.29, 1.82) is 0 Å². The topological polar surface area (TPSA) is 51.8 Å². The van der Waals surface area contributed by atoms with Gasteiger partial charge in [-0.05, 0) is 48.3 Å². The van der Waals surface area contributed by atoms with Gasteiger partial charge in [-0.1, -0.05) is 25.7 Å². The van der Waals surface area contributed by atoms with Crippen molar-refractivity contribution < 1.29 is 0 Å². The van der Waals surface area contributed by atoms with Crippen molar-refractivity contribution in [3.05, 3.63) is 15.1 Å². The van der Waals surface area contributed by atoms with Gasteiger partial charge in [-0.3, -0.25) is 0 Å². The number of nitrogens with two attached hydrogens (primary N) is 1. The number of nitrogen functional groups attached to an aromatic ring is 1. The van der Waals surface area contributed by atoms with Crippen molar-refractivity contribution in [3.63, 3.8) is 0 Å². The Hall–Kier alpha value is -0.0400. The molecule has 110 valence electrons. The molecule has 0 amide bonds. The van der Waals surface area contributed by atoms with Crippen molar-refractivity contribution in [1.82, 2.24) is 9.97 Å². The second-order valence-electron chi connectivity index (χ2n) is 5.92. The summed E-state index contributed by atoms with van der Waals surface area (Å²) in [6.45, 7) is 0. The van der Waals surface area contributed by atoms with E-state index in [9.17, 15) is 0 Å². The Balaban J connectivity index is 1.73. The zero-order chi connectivity index (χ0) is 13.9. The van der Waals surface area contributed by atoms with E-state index in [1.165, 1.54) is 57.1 Å². The Labute approximate surface area is 139 Å². The van der Waals surface area contributed by atoms with Gasteiger partial charge in [-0.25, -0.2) is 9.97 Å². The average molecular weight is 403 g/mol. The zero-order valence-corrected chi connectivity index (χ0v) is 14.8. The summed E-state index contributed by atoms with van der Waals surface area (Å²) >= 11 is 4.34. The molecule has 5 heteroatoms. The van der Waals surface area contributed by atoms with Gasteiger partial charge >= 0.3 is 0 Å². The van der Waals surface area contributed by atoms with Gasteiger partial charge in [0.25, 0.3) is 0 Å². The van der Waals surface area contributed by atoms with Crippen LogP contribution in [0.15, 0.2) is 0 Å². The maximum absolute atomic E-state index is 6.10. The normalized spacial score (nSPS) is 20.9. The summed E-state index contributed by atoms with van der Waals surface area (Å²) in [5.74, 6) is 3.17. The minimum Gasteiger partial charge on any atom is -0.383 e. The summed E-state index contributed by atoms with van der Waals surface area (Å²) in [5.41, 5.74) is 7.32. The molecule has 2 N–H and O–H groups in total. The summed E-state index contributed by atoms with van der Waals surface area (Å²) in [5, 5.41) is 0.814. The number of anilines is 1.